The first-order valence-corrected chi connectivity index (χ1v) is 6.53. The molecule has 0 saturated carbocycles. The largest absolute Gasteiger partial charge is 0.324 e. The molecular formula is C12H17N3S. The van der Waals surface area contributed by atoms with Crippen LogP contribution in [0.4, 0.5) is 0 Å². The molecule has 2 aromatic rings. The molecule has 0 bridgehead atoms. The molecule has 2 rings (SSSR count). The number of nitrogens with zero attached hydrogens (tertiary/aromatic N) is 2. The van der Waals surface area contributed by atoms with Crippen molar-refractivity contribution >= 4 is 11.3 Å². The molecule has 0 fully saturated rings. The average Bonchev–Trinajstić information content (AvgIpc) is 2.89. The lowest BCUT2D eigenvalue weighted by Gasteiger charge is -2.07. The van der Waals surface area contributed by atoms with Gasteiger partial charge < -0.3 is 5.73 Å². The zero-order valence-corrected chi connectivity index (χ0v) is 10.3. The number of thiophene rings is 1. The molecule has 2 N–H and O–H groups in total. The molecule has 0 aliphatic heterocycles. The van der Waals surface area contributed by atoms with Gasteiger partial charge in [-0.2, -0.15) is 16.4 Å². The van der Waals surface area contributed by atoms with Gasteiger partial charge in [-0.25, -0.2) is 0 Å². The number of aromatic nitrogens is 2. The number of hydrogen-bond acceptors (Lipinski definition) is 3. The Hall–Kier alpha value is -1.13. The van der Waals surface area contributed by atoms with Gasteiger partial charge in [0.25, 0.3) is 0 Å². The molecule has 2 heterocycles. The first-order valence-electron chi connectivity index (χ1n) is 5.58. The third kappa shape index (κ3) is 2.71. The minimum absolute atomic E-state index is 0.0557. The lowest BCUT2D eigenvalue weighted by molar-refractivity contribution is 0.601. The Morgan fingerprint density at radius 1 is 1.56 bits per heavy atom. The summed E-state index contributed by atoms with van der Waals surface area (Å²) in [5, 5.41) is 8.53. The van der Waals surface area contributed by atoms with E-state index < -0.39 is 0 Å². The zero-order valence-electron chi connectivity index (χ0n) is 9.47. The first kappa shape index (κ1) is 11.4. The predicted molar refractivity (Wildman–Crippen MR) is 67.5 cm³/mol. The van der Waals surface area contributed by atoms with Crippen molar-refractivity contribution in [2.45, 2.75) is 32.4 Å². The van der Waals surface area contributed by atoms with Crippen molar-refractivity contribution in [1.82, 2.24) is 9.78 Å². The van der Waals surface area contributed by atoms with E-state index in [2.05, 4.69) is 35.0 Å². The van der Waals surface area contributed by atoms with Crippen molar-refractivity contribution in [1.29, 1.82) is 0 Å². The van der Waals surface area contributed by atoms with Crippen LogP contribution in [-0.2, 0) is 13.0 Å². The number of aryl methyl sites for hydroxylation is 1. The standard InChI is InChI=1S/C12H17N3S/c1-2-4-15-8-11(7-14-15)12(13)6-10-3-5-16-9-10/h3,5,7-9,12H,2,4,6,13H2,1H3. The Kier molecular flexibility index (Phi) is 3.74. The summed E-state index contributed by atoms with van der Waals surface area (Å²) in [7, 11) is 0. The molecule has 0 spiro atoms. The number of rotatable bonds is 5. The van der Waals surface area contributed by atoms with Crippen LogP contribution in [0, 0.1) is 0 Å². The van der Waals surface area contributed by atoms with Gasteiger partial charge in [-0.1, -0.05) is 6.92 Å². The molecule has 0 amide bonds. The van der Waals surface area contributed by atoms with Gasteiger partial charge in [0.05, 0.1) is 6.20 Å². The van der Waals surface area contributed by atoms with E-state index >= 15 is 0 Å². The monoisotopic (exact) mass is 235 g/mol. The van der Waals surface area contributed by atoms with E-state index in [-0.39, 0.29) is 6.04 Å². The Bertz CT molecular complexity index is 419. The molecule has 4 heteroatoms. The molecule has 0 aliphatic carbocycles. The lowest BCUT2D eigenvalue weighted by Crippen LogP contribution is -2.12. The van der Waals surface area contributed by atoms with Crippen molar-refractivity contribution in [3.8, 4) is 0 Å². The fourth-order valence-electron chi connectivity index (χ4n) is 1.70. The smallest absolute Gasteiger partial charge is 0.0537 e. The van der Waals surface area contributed by atoms with Gasteiger partial charge in [-0.05, 0) is 35.2 Å². The summed E-state index contributed by atoms with van der Waals surface area (Å²) in [4.78, 5) is 0. The highest BCUT2D eigenvalue weighted by Gasteiger charge is 2.09. The Morgan fingerprint density at radius 3 is 3.12 bits per heavy atom. The normalized spacial score (nSPS) is 12.9. The van der Waals surface area contributed by atoms with Crippen molar-refractivity contribution in [3.63, 3.8) is 0 Å². The Balaban J connectivity index is 2.00. The summed E-state index contributed by atoms with van der Waals surface area (Å²) >= 11 is 1.71. The van der Waals surface area contributed by atoms with Crippen molar-refractivity contribution < 1.29 is 0 Å². The summed E-state index contributed by atoms with van der Waals surface area (Å²) in [5.74, 6) is 0. The number of nitrogens with two attached hydrogens (primary N) is 1. The van der Waals surface area contributed by atoms with Crippen LogP contribution in [0.5, 0.6) is 0 Å². The minimum atomic E-state index is 0.0557. The van der Waals surface area contributed by atoms with Gasteiger partial charge in [0.1, 0.15) is 0 Å². The topological polar surface area (TPSA) is 43.8 Å². The molecule has 3 nitrogen and oxygen atoms in total. The summed E-state index contributed by atoms with van der Waals surface area (Å²) < 4.78 is 1.96. The maximum atomic E-state index is 6.15. The second-order valence-corrected chi connectivity index (χ2v) is 4.76. The van der Waals surface area contributed by atoms with Crippen LogP contribution in [0.25, 0.3) is 0 Å². The van der Waals surface area contributed by atoms with E-state index in [9.17, 15) is 0 Å². The van der Waals surface area contributed by atoms with Crippen LogP contribution in [-0.4, -0.2) is 9.78 Å². The minimum Gasteiger partial charge on any atom is -0.324 e. The molecular weight excluding hydrogens is 218 g/mol. The van der Waals surface area contributed by atoms with Gasteiger partial charge >= 0.3 is 0 Å². The summed E-state index contributed by atoms with van der Waals surface area (Å²) in [5.41, 5.74) is 8.58. The fourth-order valence-corrected chi connectivity index (χ4v) is 2.38. The Labute approximate surface area is 99.9 Å². The molecule has 0 aliphatic rings. The quantitative estimate of drug-likeness (QED) is 0.865. The molecule has 1 atom stereocenters. The first-order chi connectivity index (χ1) is 7.79. The maximum Gasteiger partial charge on any atom is 0.0537 e. The van der Waals surface area contributed by atoms with E-state index in [1.807, 2.05) is 10.9 Å². The zero-order chi connectivity index (χ0) is 11.4. The highest BCUT2D eigenvalue weighted by molar-refractivity contribution is 7.07. The van der Waals surface area contributed by atoms with Crippen molar-refractivity contribution in [2.75, 3.05) is 0 Å². The summed E-state index contributed by atoms with van der Waals surface area (Å²) in [6, 6.07) is 2.18. The van der Waals surface area contributed by atoms with Gasteiger partial charge in [0.15, 0.2) is 0 Å². The van der Waals surface area contributed by atoms with Gasteiger partial charge in [0.2, 0.25) is 0 Å². The van der Waals surface area contributed by atoms with Crippen molar-refractivity contribution in [2.24, 2.45) is 5.73 Å². The van der Waals surface area contributed by atoms with E-state index in [1.54, 1.807) is 11.3 Å². The second kappa shape index (κ2) is 5.27. The fraction of sp³-hybridized carbons (Fsp3) is 0.417. The van der Waals surface area contributed by atoms with Crippen molar-refractivity contribution in [3.05, 3.63) is 40.3 Å². The predicted octanol–water partition coefficient (Wildman–Crippen LogP) is 2.60. The number of hydrogen-bond donors (Lipinski definition) is 1. The molecule has 1 unspecified atom stereocenters. The maximum absolute atomic E-state index is 6.15. The SMILES string of the molecule is CCCn1cc(C(N)Cc2ccsc2)cn1. The molecule has 2 aromatic heterocycles. The third-order valence-electron chi connectivity index (χ3n) is 2.57. The van der Waals surface area contributed by atoms with Crippen LogP contribution >= 0.6 is 11.3 Å². The molecule has 16 heavy (non-hydrogen) atoms. The van der Waals surface area contributed by atoms with Gasteiger partial charge in [-0.15, -0.1) is 0 Å². The van der Waals surface area contributed by atoms with E-state index in [4.69, 9.17) is 5.73 Å². The van der Waals surface area contributed by atoms with E-state index in [0.717, 1.165) is 24.9 Å². The van der Waals surface area contributed by atoms with Crippen LogP contribution in [0.1, 0.15) is 30.5 Å². The Morgan fingerprint density at radius 2 is 2.44 bits per heavy atom. The third-order valence-corrected chi connectivity index (χ3v) is 3.30. The van der Waals surface area contributed by atoms with Crippen LogP contribution in [0.3, 0.4) is 0 Å². The summed E-state index contributed by atoms with van der Waals surface area (Å²) in [6.45, 7) is 3.11. The highest BCUT2D eigenvalue weighted by Crippen LogP contribution is 2.17. The molecule has 0 aromatic carbocycles. The molecule has 0 radical (unpaired) electrons. The highest BCUT2D eigenvalue weighted by atomic mass is 32.1. The molecule has 86 valence electrons. The van der Waals surface area contributed by atoms with Crippen LogP contribution < -0.4 is 5.73 Å². The second-order valence-electron chi connectivity index (χ2n) is 3.98. The van der Waals surface area contributed by atoms with Gasteiger partial charge in [-0.3, -0.25) is 4.68 Å². The lowest BCUT2D eigenvalue weighted by atomic mass is 10.1. The molecule has 0 saturated heterocycles. The summed E-state index contributed by atoms with van der Waals surface area (Å²) in [6.07, 6.45) is 5.93. The van der Waals surface area contributed by atoms with E-state index in [0.29, 0.717) is 0 Å². The van der Waals surface area contributed by atoms with Crippen LogP contribution in [0.15, 0.2) is 29.2 Å². The van der Waals surface area contributed by atoms with Crippen LogP contribution in [0.2, 0.25) is 0 Å². The van der Waals surface area contributed by atoms with E-state index in [1.165, 1.54) is 5.56 Å². The average molecular weight is 235 g/mol. The van der Waals surface area contributed by atoms with Gasteiger partial charge in [0, 0.05) is 24.3 Å².